The third kappa shape index (κ3) is 3.16. The fourth-order valence-electron chi connectivity index (χ4n) is 2.38. The van der Waals surface area contributed by atoms with E-state index >= 15 is 0 Å². The first-order chi connectivity index (χ1) is 10.3. The molecule has 1 fully saturated rings. The van der Waals surface area contributed by atoms with E-state index in [1.165, 1.54) is 0 Å². The van der Waals surface area contributed by atoms with Crippen LogP contribution in [0.2, 0.25) is 5.02 Å². The molecular formula is C13H14ClN3O5. The highest BCUT2D eigenvalue weighted by molar-refractivity contribution is 6.35. The smallest absolute Gasteiger partial charge is 0.295 e. The van der Waals surface area contributed by atoms with Crippen molar-refractivity contribution in [3.05, 3.63) is 42.9 Å². The zero-order valence-corrected chi connectivity index (χ0v) is 12.6. The lowest BCUT2D eigenvalue weighted by atomic mass is 9.98. The molecule has 118 valence electrons. The third-order valence-electron chi connectivity index (χ3n) is 3.75. The normalized spacial score (nSPS) is 15.6. The van der Waals surface area contributed by atoms with Crippen LogP contribution in [0.15, 0.2) is 12.1 Å². The van der Waals surface area contributed by atoms with E-state index in [2.05, 4.69) is 6.92 Å². The van der Waals surface area contributed by atoms with Crippen LogP contribution in [0.4, 0.5) is 11.4 Å². The van der Waals surface area contributed by atoms with Gasteiger partial charge in [0.25, 0.3) is 17.3 Å². The summed E-state index contributed by atoms with van der Waals surface area (Å²) in [4.78, 5) is 34.2. The largest absolute Gasteiger partial charge is 0.339 e. The number of halogens is 1. The zero-order valence-electron chi connectivity index (χ0n) is 11.8. The molecule has 0 N–H and O–H groups in total. The summed E-state index contributed by atoms with van der Waals surface area (Å²) in [6.07, 6.45) is 1.67. The van der Waals surface area contributed by atoms with E-state index in [1.54, 1.807) is 4.90 Å². The molecule has 0 bridgehead atoms. The minimum atomic E-state index is -0.829. The maximum Gasteiger partial charge on any atom is 0.295 e. The number of amides is 1. The van der Waals surface area contributed by atoms with Crippen molar-refractivity contribution in [2.45, 2.75) is 19.8 Å². The molecule has 1 aliphatic rings. The molecule has 1 aromatic carbocycles. The van der Waals surface area contributed by atoms with E-state index in [0.717, 1.165) is 25.0 Å². The monoisotopic (exact) mass is 327 g/mol. The lowest BCUT2D eigenvalue weighted by Gasteiger charge is -2.30. The number of nitro groups is 2. The summed E-state index contributed by atoms with van der Waals surface area (Å²) in [6.45, 7) is 3.15. The quantitative estimate of drug-likeness (QED) is 0.626. The van der Waals surface area contributed by atoms with Crippen LogP contribution in [0, 0.1) is 26.1 Å². The Morgan fingerprint density at radius 3 is 2.05 bits per heavy atom. The molecule has 9 heteroatoms. The van der Waals surface area contributed by atoms with Crippen molar-refractivity contribution in [3.63, 3.8) is 0 Å². The first-order valence-corrected chi connectivity index (χ1v) is 7.10. The first-order valence-electron chi connectivity index (χ1n) is 6.73. The van der Waals surface area contributed by atoms with Gasteiger partial charge in [-0.05, 0) is 18.8 Å². The SMILES string of the molecule is CC1CCN(C(=O)c2cc([N+](=O)[O-])c(Cl)c([N+](=O)[O-])c2)CC1. The molecular weight excluding hydrogens is 314 g/mol. The number of carbonyl (C=O) groups excluding carboxylic acids is 1. The molecule has 8 nitrogen and oxygen atoms in total. The number of nitrogens with zero attached hydrogens (tertiary/aromatic N) is 3. The molecule has 1 heterocycles. The molecule has 0 spiro atoms. The highest BCUT2D eigenvalue weighted by atomic mass is 35.5. The molecule has 2 rings (SSSR count). The summed E-state index contributed by atoms with van der Waals surface area (Å²) in [5.74, 6) is 0.0627. The molecule has 0 saturated carbocycles. The van der Waals surface area contributed by atoms with Crippen molar-refractivity contribution in [2.75, 3.05) is 13.1 Å². The molecule has 0 aliphatic carbocycles. The van der Waals surface area contributed by atoms with Gasteiger partial charge in [-0.1, -0.05) is 18.5 Å². The minimum Gasteiger partial charge on any atom is -0.339 e. The topological polar surface area (TPSA) is 107 Å². The van der Waals surface area contributed by atoms with Gasteiger partial charge in [-0.2, -0.15) is 0 Å². The number of carbonyl (C=O) groups is 1. The number of piperidine rings is 1. The molecule has 0 radical (unpaired) electrons. The minimum absolute atomic E-state index is 0.0858. The summed E-state index contributed by atoms with van der Waals surface area (Å²) in [6, 6.07) is 1.99. The summed E-state index contributed by atoms with van der Waals surface area (Å²) in [5, 5.41) is 21.4. The van der Waals surface area contributed by atoms with Crippen LogP contribution in [0.5, 0.6) is 0 Å². The second-order valence-electron chi connectivity index (χ2n) is 5.32. The van der Waals surface area contributed by atoms with Crippen molar-refractivity contribution in [3.8, 4) is 0 Å². The highest BCUT2D eigenvalue weighted by Gasteiger charge is 2.29. The van der Waals surface area contributed by atoms with E-state index in [-0.39, 0.29) is 5.56 Å². The van der Waals surface area contributed by atoms with Crippen LogP contribution in [0.3, 0.4) is 0 Å². The van der Waals surface area contributed by atoms with Crippen molar-refractivity contribution in [1.29, 1.82) is 0 Å². The number of hydrogen-bond donors (Lipinski definition) is 0. The highest BCUT2D eigenvalue weighted by Crippen LogP contribution is 2.35. The maximum absolute atomic E-state index is 12.4. The number of benzene rings is 1. The molecule has 1 aliphatic heterocycles. The van der Waals surface area contributed by atoms with E-state index in [1.807, 2.05) is 0 Å². The fourth-order valence-corrected chi connectivity index (χ4v) is 2.62. The van der Waals surface area contributed by atoms with Crippen LogP contribution < -0.4 is 0 Å². The van der Waals surface area contributed by atoms with Gasteiger partial charge in [0.1, 0.15) is 0 Å². The molecule has 1 saturated heterocycles. The second-order valence-corrected chi connectivity index (χ2v) is 5.70. The van der Waals surface area contributed by atoms with Gasteiger partial charge in [0.2, 0.25) is 0 Å². The Bertz CT molecular complexity index is 606. The molecule has 1 aromatic rings. The van der Waals surface area contributed by atoms with Crippen molar-refractivity contribution in [1.82, 2.24) is 4.90 Å². The summed E-state index contributed by atoms with van der Waals surface area (Å²) in [5.41, 5.74) is -1.36. The second kappa shape index (κ2) is 6.27. The Hall–Kier alpha value is -2.22. The van der Waals surface area contributed by atoms with Gasteiger partial charge in [0.15, 0.2) is 5.02 Å². The molecule has 1 amide bonds. The summed E-state index contributed by atoms with van der Waals surface area (Å²) < 4.78 is 0. The van der Waals surface area contributed by atoms with E-state index < -0.39 is 32.2 Å². The van der Waals surface area contributed by atoms with E-state index in [9.17, 15) is 25.0 Å². The number of hydrogen-bond acceptors (Lipinski definition) is 5. The van der Waals surface area contributed by atoms with E-state index in [0.29, 0.717) is 19.0 Å². The number of rotatable bonds is 3. The maximum atomic E-state index is 12.4. The van der Waals surface area contributed by atoms with Gasteiger partial charge >= 0.3 is 0 Å². The third-order valence-corrected chi connectivity index (χ3v) is 4.13. The molecule has 22 heavy (non-hydrogen) atoms. The molecule has 0 atom stereocenters. The summed E-state index contributed by atoms with van der Waals surface area (Å²) in [7, 11) is 0. The first kappa shape index (κ1) is 16.2. The number of nitro benzene ring substituents is 2. The van der Waals surface area contributed by atoms with E-state index in [4.69, 9.17) is 11.6 Å². The summed E-state index contributed by atoms with van der Waals surface area (Å²) >= 11 is 5.67. The van der Waals surface area contributed by atoms with Gasteiger partial charge in [-0.15, -0.1) is 0 Å². The van der Waals surface area contributed by atoms with Crippen LogP contribution >= 0.6 is 11.6 Å². The Kier molecular flexibility index (Phi) is 4.60. The van der Waals surface area contributed by atoms with Gasteiger partial charge in [0, 0.05) is 25.2 Å². The standard InChI is InChI=1S/C13H14ClN3O5/c1-8-2-4-15(5-3-8)13(18)9-6-10(16(19)20)12(14)11(7-9)17(21)22/h6-8H,2-5H2,1H3. The average Bonchev–Trinajstić information content (AvgIpc) is 2.47. The van der Waals surface area contributed by atoms with Gasteiger partial charge < -0.3 is 4.90 Å². The fraction of sp³-hybridized carbons (Fsp3) is 0.462. The Morgan fingerprint density at radius 2 is 1.64 bits per heavy atom. The predicted molar refractivity (Wildman–Crippen MR) is 79.1 cm³/mol. The van der Waals surface area contributed by atoms with Gasteiger partial charge in [0.05, 0.1) is 15.4 Å². The van der Waals surface area contributed by atoms with Crippen LogP contribution in [-0.2, 0) is 0 Å². The predicted octanol–water partition coefficient (Wildman–Crippen LogP) is 3.03. The van der Waals surface area contributed by atoms with Crippen LogP contribution in [0.1, 0.15) is 30.1 Å². The lowest BCUT2D eigenvalue weighted by Crippen LogP contribution is -2.37. The van der Waals surface area contributed by atoms with Gasteiger partial charge in [-0.25, -0.2) is 0 Å². The Balaban J connectivity index is 2.40. The van der Waals surface area contributed by atoms with Crippen LogP contribution in [0.25, 0.3) is 0 Å². The lowest BCUT2D eigenvalue weighted by molar-refractivity contribution is -0.393. The average molecular weight is 328 g/mol. The zero-order chi connectivity index (χ0) is 16.4. The van der Waals surface area contributed by atoms with Crippen molar-refractivity contribution < 1.29 is 14.6 Å². The molecule has 0 aromatic heterocycles. The van der Waals surface area contributed by atoms with Crippen molar-refractivity contribution >= 4 is 28.9 Å². The van der Waals surface area contributed by atoms with Crippen molar-refractivity contribution in [2.24, 2.45) is 5.92 Å². The molecule has 0 unspecified atom stereocenters. The Labute approximate surface area is 131 Å². The van der Waals surface area contributed by atoms with Gasteiger partial charge in [-0.3, -0.25) is 25.0 Å². The Morgan fingerprint density at radius 1 is 1.18 bits per heavy atom. The van der Waals surface area contributed by atoms with Crippen LogP contribution in [-0.4, -0.2) is 33.7 Å². The number of likely N-dealkylation sites (tertiary alicyclic amines) is 1.